The number of nitrogens with one attached hydrogen (secondary N) is 1. The highest BCUT2D eigenvalue weighted by Gasteiger charge is 2.30. The first kappa shape index (κ1) is 21.8. The van der Waals surface area contributed by atoms with Crippen molar-refractivity contribution in [2.24, 2.45) is 0 Å². The minimum Gasteiger partial charge on any atom is -0.311 e. The summed E-state index contributed by atoms with van der Waals surface area (Å²) in [7, 11) is -7.62. The molecule has 0 fully saturated rings. The zero-order valence-electron chi connectivity index (χ0n) is 15.7. The fraction of sp³-hybridized carbons (Fsp3) is 0.294. The molecule has 2 aromatic rings. The van der Waals surface area contributed by atoms with Crippen LogP contribution in [-0.2, 0) is 24.5 Å². The van der Waals surface area contributed by atoms with Crippen molar-refractivity contribution in [2.75, 3.05) is 12.5 Å². The van der Waals surface area contributed by atoms with Crippen molar-refractivity contribution in [2.45, 2.75) is 30.1 Å². The molecule has 0 saturated heterocycles. The topological polar surface area (TPSA) is 135 Å². The lowest BCUT2D eigenvalue weighted by Crippen LogP contribution is -2.14. The Morgan fingerprint density at radius 1 is 1.18 bits per heavy atom. The van der Waals surface area contributed by atoms with Gasteiger partial charge in [-0.25, -0.2) is 27.3 Å². The van der Waals surface area contributed by atoms with Gasteiger partial charge in [-0.15, -0.1) is 0 Å². The van der Waals surface area contributed by atoms with E-state index in [0.29, 0.717) is 11.1 Å². The van der Waals surface area contributed by atoms with E-state index in [1.54, 1.807) is 38.1 Å². The van der Waals surface area contributed by atoms with Crippen molar-refractivity contribution < 1.29 is 26.8 Å². The minimum absolute atomic E-state index is 0.153. The molecule has 0 unspecified atom stereocenters. The molecule has 1 aromatic carbocycles. The molecule has 1 amide bonds. The number of aromatic nitrogens is 2. The molecule has 28 heavy (non-hydrogen) atoms. The normalized spacial score (nSPS) is 12.6. The number of benzene rings is 1. The molecule has 0 spiro atoms. The Balaban J connectivity index is 2.83. The van der Waals surface area contributed by atoms with E-state index >= 15 is 0 Å². The molecule has 152 valence electrons. The van der Waals surface area contributed by atoms with Gasteiger partial charge in [-0.3, -0.25) is 10.0 Å². The van der Waals surface area contributed by atoms with Gasteiger partial charge in [-0.2, -0.15) is 0 Å². The van der Waals surface area contributed by atoms with E-state index in [2.05, 4.69) is 4.98 Å². The molecular weight excluding hydrogens is 406 g/mol. The van der Waals surface area contributed by atoms with Crippen LogP contribution in [0.3, 0.4) is 0 Å². The fourth-order valence-electron chi connectivity index (χ4n) is 2.65. The molecule has 0 aliphatic rings. The van der Waals surface area contributed by atoms with Crippen LogP contribution in [0.5, 0.6) is 0 Å². The zero-order chi connectivity index (χ0) is 21.3. The number of hydrogen-bond acceptors (Lipinski definition) is 7. The fourth-order valence-corrected chi connectivity index (χ4v) is 4.45. The molecule has 0 aliphatic carbocycles. The Bertz CT molecular complexity index is 1150. The summed E-state index contributed by atoms with van der Waals surface area (Å²) >= 11 is 0. The highest BCUT2D eigenvalue weighted by molar-refractivity contribution is 7.91. The molecule has 1 aromatic heterocycles. The Morgan fingerprint density at radius 2 is 1.82 bits per heavy atom. The van der Waals surface area contributed by atoms with Gasteiger partial charge in [-0.1, -0.05) is 18.2 Å². The van der Waals surface area contributed by atoms with Crippen LogP contribution >= 0.6 is 0 Å². The highest BCUT2D eigenvalue weighted by Crippen LogP contribution is 2.33. The molecule has 0 bridgehead atoms. The van der Waals surface area contributed by atoms with Gasteiger partial charge in [0.25, 0.3) is 5.91 Å². The average Bonchev–Trinajstić information content (AvgIpc) is 3.01. The van der Waals surface area contributed by atoms with Gasteiger partial charge in [0.15, 0.2) is 14.9 Å². The van der Waals surface area contributed by atoms with Crippen molar-refractivity contribution in [3.8, 4) is 11.3 Å². The second-order valence-electron chi connectivity index (χ2n) is 6.49. The molecule has 0 radical (unpaired) electrons. The van der Waals surface area contributed by atoms with E-state index in [1.165, 1.54) is 16.1 Å². The third kappa shape index (κ3) is 4.66. The first-order valence-electron chi connectivity index (χ1n) is 8.11. The number of carbonyl (C=O) groups excluding carboxylic acids is 1. The Labute approximate surface area is 163 Å². The van der Waals surface area contributed by atoms with Crippen molar-refractivity contribution in [3.63, 3.8) is 0 Å². The van der Waals surface area contributed by atoms with Gasteiger partial charge in [0, 0.05) is 30.2 Å². The SMILES string of the molecule is CC(C)n1c(S(C)(=O)=O)nc(S(C)(=O)=O)c1-c1cccc(C=CC(=O)NO)c1. The maximum atomic E-state index is 12.3. The molecule has 11 heteroatoms. The number of hydrogen-bond donors (Lipinski definition) is 2. The molecule has 0 atom stereocenters. The molecule has 2 rings (SSSR count). The zero-order valence-corrected chi connectivity index (χ0v) is 17.4. The summed E-state index contributed by atoms with van der Waals surface area (Å²) in [6, 6.07) is 6.13. The number of imidazole rings is 1. The predicted molar refractivity (Wildman–Crippen MR) is 103 cm³/mol. The third-order valence-electron chi connectivity index (χ3n) is 3.74. The predicted octanol–water partition coefficient (Wildman–Crippen LogP) is 1.46. The van der Waals surface area contributed by atoms with Crippen LogP contribution in [0, 0.1) is 0 Å². The highest BCUT2D eigenvalue weighted by atomic mass is 32.2. The largest absolute Gasteiger partial charge is 0.311 e. The van der Waals surface area contributed by atoms with Crippen LogP contribution in [0.2, 0.25) is 0 Å². The van der Waals surface area contributed by atoms with E-state index in [4.69, 9.17) is 5.21 Å². The molecule has 2 N–H and O–H groups in total. The van der Waals surface area contributed by atoms with Gasteiger partial charge < -0.3 is 4.57 Å². The van der Waals surface area contributed by atoms with Crippen molar-refractivity contribution in [3.05, 3.63) is 35.9 Å². The quantitative estimate of drug-likeness (QED) is 0.405. The van der Waals surface area contributed by atoms with E-state index in [1.807, 2.05) is 0 Å². The second kappa shape index (κ2) is 7.86. The summed E-state index contributed by atoms with van der Waals surface area (Å²) in [6.07, 6.45) is 4.45. The summed E-state index contributed by atoms with van der Waals surface area (Å²) in [5.74, 6) is -0.728. The first-order chi connectivity index (χ1) is 12.9. The third-order valence-corrected chi connectivity index (χ3v) is 5.68. The smallest absolute Gasteiger partial charge is 0.267 e. The number of carbonyl (C=O) groups is 1. The number of rotatable bonds is 6. The Hall–Kier alpha value is -2.50. The van der Waals surface area contributed by atoms with Crippen LogP contribution in [0.25, 0.3) is 17.3 Å². The lowest BCUT2D eigenvalue weighted by molar-refractivity contribution is -0.124. The molecule has 9 nitrogen and oxygen atoms in total. The monoisotopic (exact) mass is 427 g/mol. The van der Waals surface area contributed by atoms with Gasteiger partial charge in [0.1, 0.15) is 0 Å². The van der Waals surface area contributed by atoms with Gasteiger partial charge in [0.05, 0.1) is 5.69 Å². The van der Waals surface area contributed by atoms with Crippen LogP contribution in [0.4, 0.5) is 0 Å². The van der Waals surface area contributed by atoms with Crippen LogP contribution < -0.4 is 5.48 Å². The first-order valence-corrected chi connectivity index (χ1v) is 11.9. The van der Waals surface area contributed by atoms with E-state index < -0.39 is 25.6 Å². The van der Waals surface area contributed by atoms with Crippen molar-refractivity contribution >= 4 is 31.7 Å². The van der Waals surface area contributed by atoms with E-state index in [9.17, 15) is 21.6 Å². The van der Waals surface area contributed by atoms with Crippen molar-refractivity contribution in [1.82, 2.24) is 15.0 Å². The lowest BCUT2D eigenvalue weighted by atomic mass is 10.1. The number of nitrogens with zero attached hydrogens (tertiary/aromatic N) is 2. The molecular formula is C17H21N3O6S2. The van der Waals surface area contributed by atoms with Crippen LogP contribution in [0.1, 0.15) is 25.5 Å². The summed E-state index contributed by atoms with van der Waals surface area (Å²) < 4.78 is 50.4. The summed E-state index contributed by atoms with van der Waals surface area (Å²) in [5, 5.41) is 7.89. The Morgan fingerprint density at radius 3 is 2.32 bits per heavy atom. The maximum Gasteiger partial charge on any atom is 0.267 e. The molecule has 0 aliphatic heterocycles. The van der Waals surface area contributed by atoms with Crippen LogP contribution in [-0.4, -0.2) is 50.0 Å². The standard InChI is InChI=1S/C17H21N3O6S2/c1-11(2)20-15(16(27(3,23)24)18-17(20)28(4,25)26)13-7-5-6-12(10-13)8-9-14(21)19-22/h5-11,22H,1-4H3,(H,19,21). The number of sulfone groups is 2. The molecule has 0 saturated carbocycles. The van der Waals surface area contributed by atoms with E-state index in [-0.39, 0.29) is 21.9 Å². The lowest BCUT2D eigenvalue weighted by Gasteiger charge is -2.16. The number of amides is 1. The van der Waals surface area contributed by atoms with Gasteiger partial charge >= 0.3 is 0 Å². The van der Waals surface area contributed by atoms with Gasteiger partial charge in [-0.05, 0) is 31.6 Å². The van der Waals surface area contributed by atoms with Crippen LogP contribution in [0.15, 0.2) is 40.5 Å². The number of hydroxylamine groups is 1. The second-order valence-corrected chi connectivity index (χ2v) is 10.3. The molecule has 1 heterocycles. The minimum atomic E-state index is -3.83. The van der Waals surface area contributed by atoms with Gasteiger partial charge in [0.2, 0.25) is 15.0 Å². The summed E-state index contributed by atoms with van der Waals surface area (Å²) in [6.45, 7) is 3.45. The summed E-state index contributed by atoms with van der Waals surface area (Å²) in [5.41, 5.74) is 2.58. The van der Waals surface area contributed by atoms with E-state index in [0.717, 1.165) is 18.6 Å². The Kier molecular flexibility index (Phi) is 6.12. The summed E-state index contributed by atoms with van der Waals surface area (Å²) in [4.78, 5) is 15.1. The average molecular weight is 428 g/mol. The maximum absolute atomic E-state index is 12.3. The van der Waals surface area contributed by atoms with Crippen molar-refractivity contribution in [1.29, 1.82) is 0 Å².